The largest absolute Gasteiger partial charge is 0.519 e. The Balaban J connectivity index is 0.000000579. The fourth-order valence-electron chi connectivity index (χ4n) is 2.13. The van der Waals surface area contributed by atoms with Crippen molar-refractivity contribution in [2.45, 2.75) is 79.6 Å². The fourth-order valence-corrected chi connectivity index (χ4v) is 2.59. The molecule has 33 heavy (non-hydrogen) atoms. The molecule has 0 radical (unpaired) electrons. The highest BCUT2D eigenvalue weighted by molar-refractivity contribution is 9.10. The molecule has 2 rings (SSSR count). The molecule has 1 aliphatic rings. The van der Waals surface area contributed by atoms with Crippen LogP contribution in [0.25, 0.3) is 0 Å². The molecule has 1 atom stereocenters. The lowest BCUT2D eigenvalue weighted by atomic mass is 10.2. The van der Waals surface area contributed by atoms with Crippen LogP contribution in [0.1, 0.15) is 62.3 Å². The Morgan fingerprint density at radius 2 is 1.55 bits per heavy atom. The third kappa shape index (κ3) is 13.0. The Hall–Kier alpha value is -2.49. The molecule has 1 aromatic rings. The van der Waals surface area contributed by atoms with Gasteiger partial charge in [0.2, 0.25) is 6.10 Å². The number of halogens is 1. The number of ether oxygens (including phenoxy) is 5. The van der Waals surface area contributed by atoms with Crippen LogP contribution in [0, 0.1) is 0 Å². The maximum Gasteiger partial charge on any atom is 0.519 e. The number of anilines is 1. The second-order valence-electron chi connectivity index (χ2n) is 8.39. The quantitative estimate of drug-likeness (QED) is 0.274. The van der Waals surface area contributed by atoms with E-state index < -0.39 is 29.6 Å². The molecule has 10 heteroatoms. The zero-order valence-electron chi connectivity index (χ0n) is 20.9. The lowest BCUT2D eigenvalue weighted by Gasteiger charge is -2.26. The Kier molecular flexibility index (Phi) is 12.9. The summed E-state index contributed by atoms with van der Waals surface area (Å²) in [7, 11) is 0. The Labute approximate surface area is 204 Å². The molecule has 0 saturated heterocycles. The molecule has 0 spiro atoms. The molecule has 188 valence electrons. The van der Waals surface area contributed by atoms with Gasteiger partial charge >= 0.3 is 18.3 Å². The van der Waals surface area contributed by atoms with E-state index in [1.54, 1.807) is 48.5 Å². The molecule has 1 aliphatic heterocycles. The average Bonchev–Trinajstić information content (AvgIpc) is 2.67. The number of benzene rings is 1. The van der Waals surface area contributed by atoms with Crippen molar-refractivity contribution in [3.05, 3.63) is 22.7 Å². The number of rotatable bonds is 2. The molecule has 1 unspecified atom stereocenters. The van der Waals surface area contributed by atoms with Gasteiger partial charge in [0.1, 0.15) is 11.2 Å². The van der Waals surface area contributed by atoms with Crippen LogP contribution in [0.4, 0.5) is 15.3 Å². The van der Waals surface area contributed by atoms with Gasteiger partial charge in [0.15, 0.2) is 5.75 Å². The summed E-state index contributed by atoms with van der Waals surface area (Å²) in [6.07, 6.45) is -2.69. The van der Waals surface area contributed by atoms with Crippen molar-refractivity contribution in [2.24, 2.45) is 0 Å². The van der Waals surface area contributed by atoms with Crippen LogP contribution in [0.2, 0.25) is 0 Å². The predicted molar refractivity (Wildman–Crippen MR) is 129 cm³/mol. The summed E-state index contributed by atoms with van der Waals surface area (Å²) in [5, 5.41) is 3.14. The summed E-state index contributed by atoms with van der Waals surface area (Å²) >= 11 is 3.38. The van der Waals surface area contributed by atoms with Gasteiger partial charge in [0, 0.05) is 0 Å². The van der Waals surface area contributed by atoms with E-state index in [0.717, 1.165) is 10.2 Å². The minimum atomic E-state index is -1.06. The lowest BCUT2D eigenvalue weighted by Crippen LogP contribution is -2.39. The van der Waals surface area contributed by atoms with Gasteiger partial charge in [-0.25, -0.2) is 14.4 Å². The van der Waals surface area contributed by atoms with Crippen molar-refractivity contribution >= 4 is 39.9 Å². The molecule has 1 aromatic carbocycles. The number of nitrogens with one attached hydrogen (secondary N) is 1. The molecule has 0 bridgehead atoms. The molecule has 0 amide bonds. The second kappa shape index (κ2) is 13.9. The van der Waals surface area contributed by atoms with Crippen LogP contribution in [0.5, 0.6) is 5.75 Å². The third-order valence-corrected chi connectivity index (χ3v) is 3.82. The number of esters is 1. The average molecular weight is 534 g/mol. The highest BCUT2D eigenvalue weighted by Gasteiger charge is 2.28. The van der Waals surface area contributed by atoms with Gasteiger partial charge in [-0.05, 0) is 76.5 Å². The molecular weight excluding hydrogens is 498 g/mol. The van der Waals surface area contributed by atoms with E-state index in [1.165, 1.54) is 0 Å². The van der Waals surface area contributed by atoms with Crippen LogP contribution in [0.15, 0.2) is 22.7 Å². The highest BCUT2D eigenvalue weighted by Crippen LogP contribution is 2.36. The van der Waals surface area contributed by atoms with Crippen molar-refractivity contribution in [1.82, 2.24) is 0 Å². The van der Waals surface area contributed by atoms with Crippen molar-refractivity contribution < 1.29 is 38.1 Å². The van der Waals surface area contributed by atoms with Gasteiger partial charge in [-0.15, -0.1) is 0 Å². The predicted octanol–water partition coefficient (Wildman–Crippen LogP) is 6.08. The number of hydrogen-bond acceptors (Lipinski definition) is 9. The molecular formula is C23H36BrNO8. The van der Waals surface area contributed by atoms with E-state index in [-0.39, 0.29) is 5.97 Å². The first-order valence-electron chi connectivity index (χ1n) is 10.7. The van der Waals surface area contributed by atoms with E-state index in [0.29, 0.717) is 18.9 Å². The monoisotopic (exact) mass is 533 g/mol. The summed E-state index contributed by atoms with van der Waals surface area (Å²) in [6.45, 7) is 16.6. The standard InChI is InChI=1S/C11H12BrNO3.C10H18O5.C2H6/c1-2-15-11(14)9-6-13-8-5-3-4-7(12)10(8)16-9;1-9(2,3)14-7(11)13-8(12)15-10(4,5)6;1-2/h3-5,9,13H,2,6H2,1H3;1-6H3;1-2H3. The topological polar surface area (TPSA) is 109 Å². The molecule has 0 aliphatic carbocycles. The van der Waals surface area contributed by atoms with Crippen LogP contribution < -0.4 is 10.1 Å². The summed E-state index contributed by atoms with van der Waals surface area (Å²) in [5.74, 6) is 0.322. The van der Waals surface area contributed by atoms with E-state index in [9.17, 15) is 14.4 Å². The van der Waals surface area contributed by atoms with Gasteiger partial charge in [-0.1, -0.05) is 19.9 Å². The van der Waals surface area contributed by atoms with Crippen LogP contribution >= 0.6 is 15.9 Å². The van der Waals surface area contributed by atoms with Crippen molar-refractivity contribution in [1.29, 1.82) is 0 Å². The minimum Gasteiger partial charge on any atom is -0.473 e. The van der Waals surface area contributed by atoms with E-state index in [4.69, 9.17) is 18.9 Å². The number of hydrogen-bond donors (Lipinski definition) is 1. The molecule has 9 nitrogen and oxygen atoms in total. The molecule has 1 heterocycles. The van der Waals surface area contributed by atoms with Crippen LogP contribution in [0.3, 0.4) is 0 Å². The maximum atomic E-state index is 11.5. The van der Waals surface area contributed by atoms with E-state index in [1.807, 2.05) is 32.0 Å². The van der Waals surface area contributed by atoms with Crippen molar-refractivity contribution in [3.63, 3.8) is 0 Å². The van der Waals surface area contributed by atoms with Gasteiger partial charge in [0.25, 0.3) is 0 Å². The first-order valence-corrected chi connectivity index (χ1v) is 11.5. The number of carbonyl (C=O) groups excluding carboxylic acids is 3. The number of fused-ring (bicyclic) bond motifs is 1. The van der Waals surface area contributed by atoms with Crippen molar-refractivity contribution in [2.75, 3.05) is 18.5 Å². The fraction of sp³-hybridized carbons (Fsp3) is 0.609. The summed E-state index contributed by atoms with van der Waals surface area (Å²) in [4.78, 5) is 33.5. The second-order valence-corrected chi connectivity index (χ2v) is 9.24. The first-order chi connectivity index (χ1) is 15.2. The lowest BCUT2D eigenvalue weighted by molar-refractivity contribution is -0.150. The SMILES string of the molecule is CC.CC(C)(C)OC(=O)OC(=O)OC(C)(C)C.CCOC(=O)C1CNc2cccc(Br)c2O1. The highest BCUT2D eigenvalue weighted by atomic mass is 79.9. The van der Waals surface area contributed by atoms with E-state index >= 15 is 0 Å². The Morgan fingerprint density at radius 3 is 2.00 bits per heavy atom. The smallest absolute Gasteiger partial charge is 0.473 e. The normalized spacial score (nSPS) is 14.3. The van der Waals surface area contributed by atoms with Crippen LogP contribution in [-0.4, -0.2) is 48.7 Å². The zero-order valence-corrected chi connectivity index (χ0v) is 22.5. The number of para-hydroxylation sites is 1. The maximum absolute atomic E-state index is 11.5. The molecule has 0 aromatic heterocycles. The first kappa shape index (κ1) is 30.5. The van der Waals surface area contributed by atoms with E-state index in [2.05, 4.69) is 26.0 Å². The van der Waals surface area contributed by atoms with Gasteiger partial charge in [0.05, 0.1) is 23.3 Å². The Bertz CT molecular complexity index is 758. The summed E-state index contributed by atoms with van der Waals surface area (Å²) in [6, 6.07) is 5.68. The van der Waals surface area contributed by atoms with Crippen LogP contribution in [-0.2, 0) is 23.7 Å². The summed E-state index contributed by atoms with van der Waals surface area (Å²) < 4.78 is 25.1. The zero-order chi connectivity index (χ0) is 25.8. The van der Waals surface area contributed by atoms with Gasteiger partial charge in [-0.2, -0.15) is 0 Å². The third-order valence-electron chi connectivity index (χ3n) is 3.20. The Morgan fingerprint density at radius 1 is 1.03 bits per heavy atom. The van der Waals surface area contributed by atoms with Gasteiger partial charge in [-0.3, -0.25) is 0 Å². The molecule has 0 saturated carbocycles. The summed E-state index contributed by atoms with van der Waals surface area (Å²) in [5.41, 5.74) is -0.506. The van der Waals surface area contributed by atoms with Crippen molar-refractivity contribution in [3.8, 4) is 5.75 Å². The van der Waals surface area contributed by atoms with Gasteiger partial charge < -0.3 is 29.0 Å². The number of carbonyl (C=O) groups is 3. The molecule has 0 fully saturated rings. The molecule has 1 N–H and O–H groups in total. The minimum absolute atomic E-state index is 0.337.